The fraction of sp³-hybridized carbons (Fsp3) is 0.300. The van der Waals surface area contributed by atoms with Crippen LogP contribution in [0.2, 0.25) is 0 Å². The summed E-state index contributed by atoms with van der Waals surface area (Å²) in [7, 11) is 0. The van der Waals surface area contributed by atoms with Gasteiger partial charge in [-0.15, -0.1) is 0 Å². The maximum atomic E-state index is 12.6. The van der Waals surface area contributed by atoms with Gasteiger partial charge in [0.2, 0.25) is 5.82 Å². The maximum Gasteiger partial charge on any atom is 0.450 e. The third-order valence-corrected chi connectivity index (χ3v) is 2.45. The lowest BCUT2D eigenvalue weighted by Crippen LogP contribution is -2.16. The molecule has 0 aliphatic rings. The van der Waals surface area contributed by atoms with Crippen LogP contribution in [0.4, 0.5) is 13.2 Å². The molecule has 1 unspecified atom stereocenters. The number of fused-ring (bicyclic) bond motifs is 1. The molecule has 0 bridgehead atoms. The highest BCUT2D eigenvalue weighted by Gasteiger charge is 2.36. The molecule has 1 atom stereocenters. The van der Waals surface area contributed by atoms with E-state index in [-0.39, 0.29) is 12.1 Å². The average Bonchev–Trinajstić information content (AvgIpc) is 2.70. The zero-order chi connectivity index (χ0) is 12.6. The molecule has 0 aliphatic heterocycles. The zero-order valence-corrected chi connectivity index (χ0v) is 8.65. The van der Waals surface area contributed by atoms with E-state index >= 15 is 0 Å². The molecule has 0 saturated heterocycles. The van der Waals surface area contributed by atoms with Crippen molar-refractivity contribution in [2.24, 2.45) is 5.73 Å². The van der Waals surface area contributed by atoms with Crippen molar-refractivity contribution in [3.63, 3.8) is 0 Å². The lowest BCUT2D eigenvalue weighted by molar-refractivity contribution is -0.145. The van der Waals surface area contributed by atoms with Gasteiger partial charge >= 0.3 is 6.18 Å². The molecule has 7 heteroatoms. The van der Waals surface area contributed by atoms with E-state index in [1.165, 1.54) is 12.3 Å². The van der Waals surface area contributed by atoms with E-state index in [9.17, 15) is 13.2 Å². The molecule has 0 saturated carbocycles. The Kier molecular flexibility index (Phi) is 2.80. The van der Waals surface area contributed by atoms with Gasteiger partial charge < -0.3 is 10.8 Å². The molecule has 0 aliphatic carbocycles. The maximum absolute atomic E-state index is 12.6. The average molecular weight is 245 g/mol. The van der Waals surface area contributed by atoms with Crippen LogP contribution in [0.1, 0.15) is 17.4 Å². The molecule has 0 radical (unpaired) electrons. The molecule has 0 spiro atoms. The van der Waals surface area contributed by atoms with E-state index in [1.807, 2.05) is 0 Å². The first-order valence-corrected chi connectivity index (χ1v) is 4.84. The van der Waals surface area contributed by atoms with Crippen LogP contribution in [0.25, 0.3) is 5.52 Å². The highest BCUT2D eigenvalue weighted by Crippen LogP contribution is 2.30. The summed E-state index contributed by atoms with van der Waals surface area (Å²) >= 11 is 0. The monoisotopic (exact) mass is 245 g/mol. The van der Waals surface area contributed by atoms with E-state index in [2.05, 4.69) is 4.98 Å². The van der Waals surface area contributed by atoms with Crippen LogP contribution in [-0.2, 0) is 6.18 Å². The number of halogens is 3. The topological polar surface area (TPSA) is 63.5 Å². The minimum Gasteiger partial charge on any atom is -0.394 e. The molecule has 2 aromatic heterocycles. The number of aliphatic hydroxyl groups excluding tert-OH is 1. The number of alkyl halides is 3. The molecule has 2 rings (SSSR count). The van der Waals surface area contributed by atoms with Crippen molar-refractivity contribution < 1.29 is 18.3 Å². The summed E-state index contributed by atoms with van der Waals surface area (Å²) < 4.78 is 38.7. The van der Waals surface area contributed by atoms with Crippen LogP contribution in [0.5, 0.6) is 0 Å². The summed E-state index contributed by atoms with van der Waals surface area (Å²) in [6, 6.07) is 2.28. The summed E-state index contributed by atoms with van der Waals surface area (Å²) in [4.78, 5) is 3.34. The van der Waals surface area contributed by atoms with Crippen LogP contribution in [0.15, 0.2) is 24.5 Å². The van der Waals surface area contributed by atoms with E-state index in [0.29, 0.717) is 5.56 Å². The molecule has 92 valence electrons. The Bertz CT molecular complexity index is 535. The smallest absolute Gasteiger partial charge is 0.394 e. The Morgan fingerprint density at radius 2 is 2.18 bits per heavy atom. The van der Waals surface area contributed by atoms with Gasteiger partial charge in [-0.1, -0.05) is 6.07 Å². The largest absolute Gasteiger partial charge is 0.450 e. The van der Waals surface area contributed by atoms with Gasteiger partial charge in [-0.3, -0.25) is 4.40 Å². The van der Waals surface area contributed by atoms with Gasteiger partial charge in [0.15, 0.2) is 0 Å². The number of rotatable bonds is 2. The molecule has 2 aromatic rings. The van der Waals surface area contributed by atoms with Crippen LogP contribution < -0.4 is 5.73 Å². The number of hydrogen-bond acceptors (Lipinski definition) is 3. The van der Waals surface area contributed by atoms with Gasteiger partial charge in [0, 0.05) is 6.20 Å². The number of hydrogen-bond donors (Lipinski definition) is 2. The number of aromatic nitrogens is 2. The van der Waals surface area contributed by atoms with Crippen LogP contribution in [-0.4, -0.2) is 21.1 Å². The SMILES string of the molecule is NC(CO)c1cccn2c(C(F)(F)F)ncc12. The van der Waals surface area contributed by atoms with Crippen molar-refractivity contribution in [1.29, 1.82) is 0 Å². The van der Waals surface area contributed by atoms with Gasteiger partial charge in [-0.2, -0.15) is 13.2 Å². The fourth-order valence-corrected chi connectivity index (χ4v) is 1.67. The summed E-state index contributed by atoms with van der Waals surface area (Å²) in [6.07, 6.45) is -2.15. The van der Waals surface area contributed by atoms with Crippen molar-refractivity contribution in [3.8, 4) is 0 Å². The van der Waals surface area contributed by atoms with Crippen molar-refractivity contribution in [2.45, 2.75) is 12.2 Å². The van der Waals surface area contributed by atoms with Gasteiger partial charge in [0.1, 0.15) is 0 Å². The fourth-order valence-electron chi connectivity index (χ4n) is 1.67. The van der Waals surface area contributed by atoms with Gasteiger partial charge in [0.25, 0.3) is 0 Å². The molecule has 0 aromatic carbocycles. The quantitative estimate of drug-likeness (QED) is 0.839. The Hall–Kier alpha value is -1.60. The standard InChI is InChI=1S/C10H10F3N3O/c11-10(12,13)9-15-4-8-6(7(14)5-17)2-1-3-16(8)9/h1-4,7,17H,5,14H2. The number of pyridine rings is 1. The van der Waals surface area contributed by atoms with Crippen molar-refractivity contribution in [3.05, 3.63) is 35.9 Å². The first-order chi connectivity index (χ1) is 7.95. The van der Waals surface area contributed by atoms with Crippen LogP contribution in [0.3, 0.4) is 0 Å². The Balaban J connectivity index is 2.65. The first-order valence-electron chi connectivity index (χ1n) is 4.84. The molecule has 17 heavy (non-hydrogen) atoms. The number of nitrogens with two attached hydrogens (primary N) is 1. The number of aliphatic hydroxyl groups is 1. The van der Waals surface area contributed by atoms with Crippen molar-refractivity contribution >= 4 is 5.52 Å². The second-order valence-electron chi connectivity index (χ2n) is 3.59. The molecule has 2 heterocycles. The predicted octanol–water partition coefficient (Wildman–Crippen LogP) is 1.35. The van der Waals surface area contributed by atoms with Gasteiger partial charge in [-0.05, 0) is 11.6 Å². The molecule has 4 nitrogen and oxygen atoms in total. The highest BCUT2D eigenvalue weighted by molar-refractivity contribution is 5.55. The first kappa shape index (κ1) is 11.9. The molecular weight excluding hydrogens is 235 g/mol. The number of imidazole rings is 1. The minimum absolute atomic E-state index is 0.251. The highest BCUT2D eigenvalue weighted by atomic mass is 19.4. The second kappa shape index (κ2) is 4.01. The summed E-state index contributed by atoms with van der Waals surface area (Å²) in [6.45, 7) is -0.341. The van der Waals surface area contributed by atoms with Gasteiger partial charge in [0.05, 0.1) is 24.4 Å². The Labute approximate surface area is 94.5 Å². The normalized spacial score (nSPS) is 14.2. The third kappa shape index (κ3) is 1.98. The van der Waals surface area contributed by atoms with E-state index in [0.717, 1.165) is 10.6 Å². The summed E-state index contributed by atoms with van der Waals surface area (Å²) in [5, 5.41) is 8.94. The molecule has 0 fully saturated rings. The van der Waals surface area contributed by atoms with E-state index in [4.69, 9.17) is 10.8 Å². The lowest BCUT2D eigenvalue weighted by Gasteiger charge is -2.11. The van der Waals surface area contributed by atoms with E-state index in [1.54, 1.807) is 6.07 Å². The van der Waals surface area contributed by atoms with Crippen molar-refractivity contribution in [1.82, 2.24) is 9.38 Å². The third-order valence-electron chi connectivity index (χ3n) is 2.45. The zero-order valence-electron chi connectivity index (χ0n) is 8.65. The van der Waals surface area contributed by atoms with Crippen LogP contribution >= 0.6 is 0 Å². The predicted molar refractivity (Wildman–Crippen MR) is 54.2 cm³/mol. The number of nitrogens with zero attached hydrogens (tertiary/aromatic N) is 2. The Morgan fingerprint density at radius 3 is 2.76 bits per heavy atom. The minimum atomic E-state index is -4.52. The van der Waals surface area contributed by atoms with E-state index < -0.39 is 18.0 Å². The van der Waals surface area contributed by atoms with Crippen molar-refractivity contribution in [2.75, 3.05) is 6.61 Å². The van der Waals surface area contributed by atoms with Gasteiger partial charge in [-0.25, -0.2) is 4.98 Å². The van der Waals surface area contributed by atoms with Crippen LogP contribution in [0, 0.1) is 0 Å². The summed E-state index contributed by atoms with van der Waals surface area (Å²) in [5.74, 6) is -1.00. The second-order valence-corrected chi connectivity index (χ2v) is 3.59. The molecule has 0 amide bonds. The Morgan fingerprint density at radius 1 is 1.47 bits per heavy atom. The lowest BCUT2D eigenvalue weighted by atomic mass is 10.1. The molecular formula is C10H10F3N3O. The molecule has 3 N–H and O–H groups in total. The summed E-state index contributed by atoms with van der Waals surface area (Å²) in [5.41, 5.74) is 6.29.